The van der Waals surface area contributed by atoms with Crippen LogP contribution in [-0.2, 0) is 10.0 Å². The third-order valence-electron chi connectivity index (χ3n) is 4.44. The van der Waals surface area contributed by atoms with Gasteiger partial charge in [0.1, 0.15) is 5.75 Å². The van der Waals surface area contributed by atoms with Crippen molar-refractivity contribution < 1.29 is 27.4 Å². The third-order valence-corrected chi connectivity index (χ3v) is 5.81. The summed E-state index contributed by atoms with van der Waals surface area (Å²) in [7, 11) is -1.22. The lowest BCUT2D eigenvalue weighted by Crippen LogP contribution is -2.16. The van der Waals surface area contributed by atoms with Crippen molar-refractivity contribution in [2.45, 2.75) is 18.7 Å². The Kier molecular flexibility index (Phi) is 7.90. The number of sulfonamides is 1. The molecule has 1 heterocycles. The summed E-state index contributed by atoms with van der Waals surface area (Å²) >= 11 is 0. The van der Waals surface area contributed by atoms with Crippen molar-refractivity contribution >= 4 is 27.4 Å². The second-order valence-electron chi connectivity index (χ2n) is 7.57. The molecular weight excluding hydrogens is 460 g/mol. The molecule has 0 fully saturated rings. The number of benzene rings is 2. The number of hydrogen-bond donors (Lipinski definition) is 2. The number of carbonyl (C=O) groups is 1. The van der Waals surface area contributed by atoms with Crippen LogP contribution in [0.4, 0.5) is 11.5 Å². The summed E-state index contributed by atoms with van der Waals surface area (Å²) in [5, 5.41) is 2.76. The Morgan fingerprint density at radius 3 is 2.35 bits per heavy atom. The van der Waals surface area contributed by atoms with Crippen molar-refractivity contribution in [1.29, 1.82) is 0 Å². The van der Waals surface area contributed by atoms with E-state index in [9.17, 15) is 13.2 Å². The molecule has 11 heteroatoms. The number of nitrogens with one attached hydrogen (secondary N) is 2. The predicted molar refractivity (Wildman–Crippen MR) is 127 cm³/mol. The highest BCUT2D eigenvalue weighted by Gasteiger charge is 2.18. The molecule has 10 nitrogen and oxygen atoms in total. The Labute approximate surface area is 198 Å². The minimum Gasteiger partial charge on any atom is -0.492 e. The first kappa shape index (κ1) is 24.8. The molecule has 0 bridgehead atoms. The van der Waals surface area contributed by atoms with Crippen LogP contribution in [0.5, 0.6) is 17.6 Å². The van der Waals surface area contributed by atoms with Gasteiger partial charge >= 0.3 is 6.01 Å². The zero-order valence-electron chi connectivity index (χ0n) is 19.2. The fourth-order valence-corrected chi connectivity index (χ4v) is 3.79. The van der Waals surface area contributed by atoms with Crippen LogP contribution in [0.25, 0.3) is 0 Å². The topological polar surface area (TPSA) is 129 Å². The molecule has 0 aliphatic heterocycles. The first-order valence-corrected chi connectivity index (χ1v) is 11.8. The molecule has 34 heavy (non-hydrogen) atoms. The van der Waals surface area contributed by atoms with Gasteiger partial charge in [-0.25, -0.2) is 8.42 Å². The largest absolute Gasteiger partial charge is 0.492 e. The molecule has 3 aromatic rings. The predicted octanol–water partition coefficient (Wildman–Crippen LogP) is 3.58. The number of ether oxygens (including phenoxy) is 3. The van der Waals surface area contributed by atoms with Crippen molar-refractivity contribution in [2.24, 2.45) is 5.92 Å². The number of amides is 1. The lowest BCUT2D eigenvalue weighted by molar-refractivity contribution is 0.102. The van der Waals surface area contributed by atoms with Gasteiger partial charge in [0.15, 0.2) is 5.82 Å². The van der Waals surface area contributed by atoms with Gasteiger partial charge in [-0.2, -0.15) is 9.97 Å². The normalized spacial score (nSPS) is 11.1. The summed E-state index contributed by atoms with van der Waals surface area (Å²) in [4.78, 5) is 20.6. The van der Waals surface area contributed by atoms with E-state index in [1.165, 1.54) is 44.6 Å². The molecule has 0 unspecified atom stereocenters. The van der Waals surface area contributed by atoms with Crippen molar-refractivity contribution in [3.8, 4) is 17.6 Å². The van der Waals surface area contributed by atoms with Gasteiger partial charge in [0.05, 0.1) is 31.3 Å². The number of hydrogen-bond acceptors (Lipinski definition) is 8. The van der Waals surface area contributed by atoms with Gasteiger partial charge in [-0.3, -0.25) is 9.52 Å². The van der Waals surface area contributed by atoms with Crippen LogP contribution < -0.4 is 24.2 Å². The van der Waals surface area contributed by atoms with E-state index in [0.717, 1.165) is 0 Å². The summed E-state index contributed by atoms with van der Waals surface area (Å²) in [5.41, 5.74) is 0.807. The van der Waals surface area contributed by atoms with Crippen LogP contribution in [0, 0.1) is 5.92 Å². The quantitative estimate of drug-likeness (QED) is 0.445. The SMILES string of the molecule is COc1cc(NS(=O)(=O)c2ccc(NC(=O)c3ccccc3OCC(C)C)cc2)nc(OC)n1. The van der Waals surface area contributed by atoms with Crippen molar-refractivity contribution in [3.63, 3.8) is 0 Å². The standard InChI is InChI=1S/C23H26N4O6S/c1-15(2)14-33-19-8-6-5-7-18(19)22(28)24-16-9-11-17(12-10-16)34(29,30)27-20-13-21(31-3)26-23(25-20)32-4/h5-13,15H,14H2,1-4H3,(H,24,28)(H,25,26,27). The van der Waals surface area contributed by atoms with E-state index in [2.05, 4.69) is 20.0 Å². The summed E-state index contributed by atoms with van der Waals surface area (Å²) in [6.07, 6.45) is 0. The Balaban J connectivity index is 1.73. The van der Waals surface area contributed by atoms with E-state index in [0.29, 0.717) is 29.5 Å². The Bertz CT molecular complexity index is 1220. The van der Waals surface area contributed by atoms with E-state index < -0.39 is 10.0 Å². The highest BCUT2D eigenvalue weighted by Crippen LogP contribution is 2.23. The Hall–Kier alpha value is -3.86. The van der Waals surface area contributed by atoms with Gasteiger partial charge in [0, 0.05) is 11.8 Å². The monoisotopic (exact) mass is 486 g/mol. The third kappa shape index (κ3) is 6.35. The van der Waals surface area contributed by atoms with Gasteiger partial charge in [-0.05, 0) is 42.3 Å². The average Bonchev–Trinajstić information content (AvgIpc) is 2.82. The molecular formula is C23H26N4O6S. The highest BCUT2D eigenvalue weighted by molar-refractivity contribution is 7.92. The second kappa shape index (κ2) is 10.8. The number of carbonyl (C=O) groups excluding carboxylic acids is 1. The zero-order valence-corrected chi connectivity index (χ0v) is 20.0. The molecule has 0 atom stereocenters. The lowest BCUT2D eigenvalue weighted by Gasteiger charge is -2.13. The molecule has 1 amide bonds. The molecule has 2 aromatic carbocycles. The summed E-state index contributed by atoms with van der Waals surface area (Å²) in [5.74, 6) is 0.546. The van der Waals surface area contributed by atoms with Gasteiger partial charge in [0.2, 0.25) is 5.88 Å². The highest BCUT2D eigenvalue weighted by atomic mass is 32.2. The number of rotatable bonds is 10. The summed E-state index contributed by atoms with van der Waals surface area (Å²) in [6.45, 7) is 4.52. The van der Waals surface area contributed by atoms with E-state index in [1.807, 2.05) is 13.8 Å². The van der Waals surface area contributed by atoms with Gasteiger partial charge in [-0.1, -0.05) is 26.0 Å². The smallest absolute Gasteiger partial charge is 0.321 e. The molecule has 0 spiro atoms. The Morgan fingerprint density at radius 2 is 1.71 bits per heavy atom. The molecule has 0 saturated heterocycles. The molecule has 0 radical (unpaired) electrons. The van der Waals surface area contributed by atoms with Crippen LogP contribution in [0.1, 0.15) is 24.2 Å². The Morgan fingerprint density at radius 1 is 1.00 bits per heavy atom. The fraction of sp³-hybridized carbons (Fsp3) is 0.261. The van der Waals surface area contributed by atoms with Gasteiger partial charge < -0.3 is 19.5 Å². The second-order valence-corrected chi connectivity index (χ2v) is 9.25. The summed E-state index contributed by atoms with van der Waals surface area (Å²) in [6, 6.07) is 13.9. The number of aromatic nitrogens is 2. The lowest BCUT2D eigenvalue weighted by atomic mass is 10.1. The van der Waals surface area contributed by atoms with E-state index >= 15 is 0 Å². The molecule has 1 aromatic heterocycles. The van der Waals surface area contributed by atoms with Crippen LogP contribution >= 0.6 is 0 Å². The number of anilines is 2. The molecule has 0 saturated carbocycles. The van der Waals surface area contributed by atoms with E-state index in [-0.39, 0.29) is 28.5 Å². The van der Waals surface area contributed by atoms with Crippen LogP contribution in [0.3, 0.4) is 0 Å². The minimum atomic E-state index is -3.97. The first-order chi connectivity index (χ1) is 16.2. The van der Waals surface area contributed by atoms with Crippen LogP contribution in [-0.4, -0.2) is 45.1 Å². The van der Waals surface area contributed by atoms with Crippen molar-refractivity contribution in [2.75, 3.05) is 30.9 Å². The van der Waals surface area contributed by atoms with Gasteiger partial charge in [0.25, 0.3) is 15.9 Å². The maximum absolute atomic E-state index is 12.8. The van der Waals surface area contributed by atoms with E-state index in [1.54, 1.807) is 24.3 Å². The maximum atomic E-state index is 12.8. The molecule has 0 aliphatic rings. The van der Waals surface area contributed by atoms with Crippen molar-refractivity contribution in [1.82, 2.24) is 9.97 Å². The summed E-state index contributed by atoms with van der Waals surface area (Å²) < 4.78 is 43.6. The van der Waals surface area contributed by atoms with Gasteiger partial charge in [-0.15, -0.1) is 0 Å². The van der Waals surface area contributed by atoms with Crippen LogP contribution in [0.2, 0.25) is 0 Å². The average molecular weight is 487 g/mol. The zero-order chi connectivity index (χ0) is 24.7. The first-order valence-electron chi connectivity index (χ1n) is 10.3. The molecule has 3 rings (SSSR count). The van der Waals surface area contributed by atoms with E-state index in [4.69, 9.17) is 14.2 Å². The van der Waals surface area contributed by atoms with Crippen LogP contribution in [0.15, 0.2) is 59.5 Å². The number of methoxy groups -OCH3 is 2. The molecule has 180 valence electrons. The van der Waals surface area contributed by atoms with Crippen molar-refractivity contribution in [3.05, 3.63) is 60.2 Å². The fourth-order valence-electron chi connectivity index (χ4n) is 2.80. The minimum absolute atomic E-state index is 0.0147. The molecule has 2 N–H and O–H groups in total. The molecule has 0 aliphatic carbocycles. The number of nitrogens with zero attached hydrogens (tertiary/aromatic N) is 2. The maximum Gasteiger partial charge on any atom is 0.321 e. The number of para-hydroxylation sites is 1.